The molecule has 1 aliphatic heterocycles. The van der Waals surface area contributed by atoms with E-state index in [1.54, 1.807) is 11.9 Å². The van der Waals surface area contributed by atoms with Crippen molar-refractivity contribution in [2.45, 2.75) is 45.8 Å². The molecule has 1 N–H and O–H groups in total. The lowest BCUT2D eigenvalue weighted by atomic mass is 10.0. The maximum absolute atomic E-state index is 12.1. The summed E-state index contributed by atoms with van der Waals surface area (Å²) >= 11 is 0. The van der Waals surface area contributed by atoms with Gasteiger partial charge in [-0.15, -0.1) is 0 Å². The fraction of sp³-hybridized carbons (Fsp3) is 0.529. The maximum atomic E-state index is 12.1. The number of nitrogens with one attached hydrogen (secondary N) is 1. The standard InChI is InChI=1S/C17H25N3O2/c1-12-6-8-13(9-7-12)15-10-14(22-19-15)11-20(5)16(21)18-17(2,3)4/h6-9,14H,10-11H2,1-5H3,(H,18,21)/t14-/m1/s1. The van der Waals surface area contributed by atoms with Gasteiger partial charge in [0.15, 0.2) is 6.10 Å². The number of rotatable bonds is 3. The molecule has 2 rings (SSSR count). The molecular weight excluding hydrogens is 278 g/mol. The fourth-order valence-corrected chi connectivity index (χ4v) is 2.25. The number of hydrogen-bond acceptors (Lipinski definition) is 3. The Kier molecular flexibility index (Phi) is 4.74. The molecule has 1 aromatic rings. The Morgan fingerprint density at radius 3 is 2.59 bits per heavy atom. The number of likely N-dealkylation sites (N-methyl/N-ethyl adjacent to an activating group) is 1. The number of amides is 2. The monoisotopic (exact) mass is 303 g/mol. The van der Waals surface area contributed by atoms with Gasteiger partial charge in [0.1, 0.15) is 0 Å². The predicted octanol–water partition coefficient (Wildman–Crippen LogP) is 2.93. The number of carbonyl (C=O) groups excluding carboxylic acids is 1. The van der Waals surface area contributed by atoms with Crippen LogP contribution in [-0.2, 0) is 4.84 Å². The summed E-state index contributed by atoms with van der Waals surface area (Å²) in [5.41, 5.74) is 2.99. The summed E-state index contributed by atoms with van der Waals surface area (Å²) in [7, 11) is 1.77. The molecule has 1 aliphatic rings. The van der Waals surface area contributed by atoms with Crippen LogP contribution in [0.3, 0.4) is 0 Å². The Morgan fingerprint density at radius 1 is 1.36 bits per heavy atom. The van der Waals surface area contributed by atoms with Gasteiger partial charge in [-0.3, -0.25) is 0 Å². The van der Waals surface area contributed by atoms with Crippen molar-refractivity contribution < 1.29 is 9.63 Å². The van der Waals surface area contributed by atoms with Crippen LogP contribution in [0.2, 0.25) is 0 Å². The Hall–Kier alpha value is -2.04. The van der Waals surface area contributed by atoms with Gasteiger partial charge in [-0.05, 0) is 33.3 Å². The lowest BCUT2D eigenvalue weighted by molar-refractivity contribution is 0.0649. The number of urea groups is 1. The van der Waals surface area contributed by atoms with Crippen molar-refractivity contribution in [2.75, 3.05) is 13.6 Å². The van der Waals surface area contributed by atoms with E-state index in [0.717, 1.165) is 17.7 Å². The summed E-state index contributed by atoms with van der Waals surface area (Å²) in [5.74, 6) is 0. The van der Waals surface area contributed by atoms with Crippen molar-refractivity contribution in [1.29, 1.82) is 0 Å². The number of hydrogen-bond donors (Lipinski definition) is 1. The van der Waals surface area contributed by atoms with Crippen LogP contribution in [0.1, 0.15) is 38.3 Å². The Morgan fingerprint density at radius 2 is 2.00 bits per heavy atom. The molecule has 5 heteroatoms. The van der Waals surface area contributed by atoms with Crippen LogP contribution in [0.4, 0.5) is 4.79 Å². The highest BCUT2D eigenvalue weighted by atomic mass is 16.6. The summed E-state index contributed by atoms with van der Waals surface area (Å²) in [6, 6.07) is 8.13. The second-order valence-electron chi connectivity index (χ2n) is 6.90. The van der Waals surface area contributed by atoms with Crippen molar-refractivity contribution in [3.63, 3.8) is 0 Å². The zero-order valence-electron chi connectivity index (χ0n) is 14.0. The Bertz CT molecular complexity index is 558. The minimum atomic E-state index is -0.245. The normalized spacial score (nSPS) is 17.7. The molecule has 120 valence electrons. The summed E-state index contributed by atoms with van der Waals surface area (Å²) in [5, 5.41) is 7.10. The average molecular weight is 303 g/mol. The van der Waals surface area contributed by atoms with Gasteiger partial charge in [-0.2, -0.15) is 0 Å². The smallest absolute Gasteiger partial charge is 0.317 e. The first-order chi connectivity index (χ1) is 10.2. The van der Waals surface area contributed by atoms with Crippen molar-refractivity contribution in [3.05, 3.63) is 35.4 Å². The van der Waals surface area contributed by atoms with Crippen molar-refractivity contribution in [3.8, 4) is 0 Å². The molecule has 0 spiro atoms. The number of oxime groups is 1. The molecule has 5 nitrogen and oxygen atoms in total. The van der Waals surface area contributed by atoms with Crippen molar-refractivity contribution in [1.82, 2.24) is 10.2 Å². The van der Waals surface area contributed by atoms with Crippen LogP contribution in [-0.4, -0.2) is 41.9 Å². The molecule has 0 fully saturated rings. The van der Waals surface area contributed by atoms with Crippen LogP contribution in [0.25, 0.3) is 0 Å². The third-order valence-electron chi connectivity index (χ3n) is 3.42. The summed E-state index contributed by atoms with van der Waals surface area (Å²) in [4.78, 5) is 19.2. The van der Waals surface area contributed by atoms with Gasteiger partial charge in [0.25, 0.3) is 0 Å². The molecular formula is C17H25N3O2. The molecule has 0 radical (unpaired) electrons. The molecule has 0 saturated carbocycles. The van der Waals surface area contributed by atoms with E-state index < -0.39 is 0 Å². The minimum absolute atomic E-state index is 0.0907. The zero-order chi connectivity index (χ0) is 16.3. The van der Waals surface area contributed by atoms with E-state index in [4.69, 9.17) is 4.84 Å². The lowest BCUT2D eigenvalue weighted by Gasteiger charge is -2.26. The van der Waals surface area contributed by atoms with E-state index in [-0.39, 0.29) is 17.7 Å². The quantitative estimate of drug-likeness (QED) is 0.933. The molecule has 22 heavy (non-hydrogen) atoms. The van der Waals surface area contributed by atoms with Gasteiger partial charge in [0, 0.05) is 19.0 Å². The first-order valence-corrected chi connectivity index (χ1v) is 7.57. The summed E-state index contributed by atoms with van der Waals surface area (Å²) in [6.45, 7) is 8.46. The highest BCUT2D eigenvalue weighted by molar-refractivity contribution is 6.01. The van der Waals surface area contributed by atoms with Crippen LogP contribution < -0.4 is 5.32 Å². The Labute approximate surface area is 132 Å². The van der Waals surface area contributed by atoms with Gasteiger partial charge >= 0.3 is 6.03 Å². The largest absolute Gasteiger partial charge is 0.390 e. The SMILES string of the molecule is Cc1ccc(C2=NO[C@@H](CN(C)C(=O)NC(C)(C)C)C2)cc1. The molecule has 1 heterocycles. The highest BCUT2D eigenvalue weighted by Crippen LogP contribution is 2.18. The molecule has 0 aromatic heterocycles. The zero-order valence-corrected chi connectivity index (χ0v) is 14.0. The van der Waals surface area contributed by atoms with Gasteiger partial charge < -0.3 is 15.1 Å². The number of carbonyl (C=O) groups is 1. The number of nitrogens with zero attached hydrogens (tertiary/aromatic N) is 2. The lowest BCUT2D eigenvalue weighted by Crippen LogP contribution is -2.48. The molecule has 1 aromatic carbocycles. The highest BCUT2D eigenvalue weighted by Gasteiger charge is 2.26. The third-order valence-corrected chi connectivity index (χ3v) is 3.42. The maximum Gasteiger partial charge on any atom is 0.317 e. The molecule has 2 amide bonds. The van der Waals surface area contributed by atoms with Crippen molar-refractivity contribution >= 4 is 11.7 Å². The Balaban J connectivity index is 1.87. The van der Waals surface area contributed by atoms with E-state index in [0.29, 0.717) is 6.54 Å². The van der Waals surface area contributed by atoms with Crippen LogP contribution in [0.15, 0.2) is 29.4 Å². The van der Waals surface area contributed by atoms with E-state index in [1.807, 2.05) is 20.8 Å². The minimum Gasteiger partial charge on any atom is -0.390 e. The second kappa shape index (κ2) is 6.38. The van der Waals surface area contributed by atoms with Gasteiger partial charge in [0.05, 0.1) is 12.3 Å². The van der Waals surface area contributed by atoms with E-state index in [1.165, 1.54) is 5.56 Å². The topological polar surface area (TPSA) is 53.9 Å². The predicted molar refractivity (Wildman–Crippen MR) is 88.1 cm³/mol. The third kappa shape index (κ3) is 4.48. The molecule has 0 bridgehead atoms. The second-order valence-corrected chi connectivity index (χ2v) is 6.90. The average Bonchev–Trinajstić information content (AvgIpc) is 2.86. The fourth-order valence-electron chi connectivity index (χ4n) is 2.25. The van der Waals surface area contributed by atoms with Crippen LogP contribution in [0.5, 0.6) is 0 Å². The molecule has 0 aliphatic carbocycles. The summed E-state index contributed by atoms with van der Waals surface area (Å²) < 4.78 is 0. The van der Waals surface area contributed by atoms with Crippen molar-refractivity contribution in [2.24, 2.45) is 5.16 Å². The molecule has 0 unspecified atom stereocenters. The first-order valence-electron chi connectivity index (χ1n) is 7.57. The van der Waals surface area contributed by atoms with Gasteiger partial charge in [0.2, 0.25) is 0 Å². The number of benzene rings is 1. The van der Waals surface area contributed by atoms with Gasteiger partial charge in [-0.25, -0.2) is 4.79 Å². The van der Waals surface area contributed by atoms with Crippen LogP contribution in [0, 0.1) is 6.92 Å². The van der Waals surface area contributed by atoms with E-state index in [9.17, 15) is 4.79 Å². The van der Waals surface area contributed by atoms with Crippen LogP contribution >= 0.6 is 0 Å². The first kappa shape index (κ1) is 16.3. The summed E-state index contributed by atoms with van der Waals surface area (Å²) in [6.07, 6.45) is 0.628. The molecule has 1 atom stereocenters. The van der Waals surface area contributed by atoms with E-state index in [2.05, 4.69) is 41.7 Å². The molecule has 0 saturated heterocycles. The number of aryl methyl sites for hydroxylation is 1. The van der Waals surface area contributed by atoms with E-state index >= 15 is 0 Å². The van der Waals surface area contributed by atoms with Gasteiger partial charge in [-0.1, -0.05) is 35.0 Å².